The van der Waals surface area contributed by atoms with Gasteiger partial charge in [0.25, 0.3) is 5.91 Å². The molecule has 0 saturated carbocycles. The Morgan fingerprint density at radius 1 is 0.950 bits per heavy atom. The van der Waals surface area contributed by atoms with Gasteiger partial charge in [-0.15, -0.1) is 0 Å². The fraction of sp³-hybridized carbons (Fsp3) is 0.385. The van der Waals surface area contributed by atoms with Gasteiger partial charge >= 0.3 is 18.4 Å². The van der Waals surface area contributed by atoms with E-state index >= 15 is 0 Å². The number of rotatable bonds is 8. The standard InChI is InChI=1S/C26H26F6N6O2/c1-2-9-37-10-12-38(13-11-37)22(39)18-6-3-5-17(14-18)21-34-23(36-24(35-21)40-16-25(27,28)29)33-20-8-4-7-19(15-20)26(30,31)32/h3-8,14-15H,2,9-13,16H2,1H3,(H,33,34,35,36). The first-order valence-corrected chi connectivity index (χ1v) is 12.4. The Labute approximate surface area is 226 Å². The molecule has 8 nitrogen and oxygen atoms in total. The second-order valence-corrected chi connectivity index (χ2v) is 9.09. The van der Waals surface area contributed by atoms with Gasteiger partial charge in [-0.3, -0.25) is 9.69 Å². The molecule has 214 valence electrons. The molecule has 0 unspecified atom stereocenters. The summed E-state index contributed by atoms with van der Waals surface area (Å²) in [6.07, 6.45) is -8.28. The van der Waals surface area contributed by atoms with Gasteiger partial charge in [-0.1, -0.05) is 25.1 Å². The monoisotopic (exact) mass is 568 g/mol. The van der Waals surface area contributed by atoms with Crippen molar-refractivity contribution in [2.45, 2.75) is 25.7 Å². The molecule has 1 amide bonds. The molecule has 2 aromatic carbocycles. The van der Waals surface area contributed by atoms with Gasteiger partial charge < -0.3 is 15.0 Å². The molecule has 0 radical (unpaired) electrons. The summed E-state index contributed by atoms with van der Waals surface area (Å²) in [5.41, 5.74) is -0.393. The number of benzene rings is 2. The first-order chi connectivity index (χ1) is 18.9. The number of ether oxygens (including phenoxy) is 1. The third-order valence-corrected chi connectivity index (χ3v) is 5.99. The lowest BCUT2D eigenvalue weighted by atomic mass is 10.1. The topological polar surface area (TPSA) is 83.5 Å². The third kappa shape index (κ3) is 7.81. The van der Waals surface area contributed by atoms with Crippen LogP contribution in [0.5, 0.6) is 6.01 Å². The van der Waals surface area contributed by atoms with Gasteiger partial charge in [-0.05, 0) is 43.3 Å². The molecule has 1 saturated heterocycles. The molecule has 1 aliphatic rings. The highest BCUT2D eigenvalue weighted by molar-refractivity contribution is 5.95. The van der Waals surface area contributed by atoms with Crippen molar-refractivity contribution in [3.8, 4) is 17.4 Å². The summed E-state index contributed by atoms with van der Waals surface area (Å²) in [4.78, 5) is 29.0. The van der Waals surface area contributed by atoms with Crippen molar-refractivity contribution in [2.75, 3.05) is 44.6 Å². The summed E-state index contributed by atoms with van der Waals surface area (Å²) in [5, 5.41) is 2.56. The van der Waals surface area contributed by atoms with Crippen LogP contribution in [0.1, 0.15) is 29.3 Å². The van der Waals surface area contributed by atoms with Crippen molar-refractivity contribution in [1.82, 2.24) is 24.8 Å². The molecule has 14 heteroatoms. The van der Waals surface area contributed by atoms with Gasteiger partial charge in [0, 0.05) is 43.0 Å². The van der Waals surface area contributed by atoms with Gasteiger partial charge in [-0.25, -0.2) is 0 Å². The zero-order valence-corrected chi connectivity index (χ0v) is 21.4. The number of hydrogen-bond acceptors (Lipinski definition) is 7. The average molecular weight is 569 g/mol. The number of halogens is 6. The maximum absolute atomic E-state index is 13.1. The Bertz CT molecular complexity index is 1330. The molecule has 1 aliphatic heterocycles. The van der Waals surface area contributed by atoms with Crippen LogP contribution < -0.4 is 10.1 Å². The van der Waals surface area contributed by atoms with E-state index in [0.717, 1.165) is 44.3 Å². The molecule has 1 N–H and O–H groups in total. The SMILES string of the molecule is CCCN1CCN(C(=O)c2cccc(-c3nc(Nc4cccc(C(F)(F)F)c4)nc(OCC(F)(F)F)n3)c2)CC1. The lowest BCUT2D eigenvalue weighted by Crippen LogP contribution is -2.48. The van der Waals surface area contributed by atoms with E-state index in [1.165, 1.54) is 12.1 Å². The molecule has 0 aliphatic carbocycles. The second kappa shape index (κ2) is 12.1. The number of amides is 1. The third-order valence-electron chi connectivity index (χ3n) is 5.99. The predicted molar refractivity (Wildman–Crippen MR) is 134 cm³/mol. The highest BCUT2D eigenvalue weighted by atomic mass is 19.4. The number of alkyl halides is 6. The van der Waals surface area contributed by atoms with Gasteiger partial charge in [0.2, 0.25) is 5.95 Å². The van der Waals surface area contributed by atoms with E-state index in [4.69, 9.17) is 4.74 Å². The van der Waals surface area contributed by atoms with Gasteiger partial charge in [0.15, 0.2) is 12.4 Å². The molecule has 0 bridgehead atoms. The number of carbonyl (C=O) groups is 1. The van der Waals surface area contributed by atoms with Crippen molar-refractivity contribution in [2.24, 2.45) is 0 Å². The smallest absolute Gasteiger partial charge is 0.422 e. The fourth-order valence-electron chi connectivity index (χ4n) is 4.12. The van der Waals surface area contributed by atoms with Gasteiger partial charge in [-0.2, -0.15) is 41.3 Å². The van der Waals surface area contributed by atoms with Crippen molar-refractivity contribution >= 4 is 17.5 Å². The van der Waals surface area contributed by atoms with E-state index in [1.54, 1.807) is 23.1 Å². The lowest BCUT2D eigenvalue weighted by molar-refractivity contribution is -0.154. The van der Waals surface area contributed by atoms with Crippen LogP contribution in [0.25, 0.3) is 11.4 Å². The number of anilines is 2. The van der Waals surface area contributed by atoms with Crippen LogP contribution in [-0.2, 0) is 6.18 Å². The normalized spacial score (nSPS) is 14.7. The summed E-state index contributed by atoms with van der Waals surface area (Å²) in [7, 11) is 0. The van der Waals surface area contributed by atoms with Crippen molar-refractivity contribution in [1.29, 1.82) is 0 Å². The predicted octanol–water partition coefficient (Wildman–Crippen LogP) is 5.41. The van der Waals surface area contributed by atoms with Crippen molar-refractivity contribution < 1.29 is 35.9 Å². The minimum atomic E-state index is -4.69. The van der Waals surface area contributed by atoms with Crippen LogP contribution >= 0.6 is 0 Å². The van der Waals surface area contributed by atoms with E-state index in [-0.39, 0.29) is 28.9 Å². The summed E-state index contributed by atoms with van der Waals surface area (Å²) in [6.45, 7) is 3.94. The highest BCUT2D eigenvalue weighted by Gasteiger charge is 2.31. The van der Waals surface area contributed by atoms with Crippen molar-refractivity contribution in [3.63, 3.8) is 0 Å². The summed E-state index contributed by atoms with van der Waals surface area (Å²) in [5.74, 6) is -0.697. The number of nitrogens with zero attached hydrogens (tertiary/aromatic N) is 5. The van der Waals surface area contributed by atoms with E-state index in [9.17, 15) is 31.1 Å². The number of hydrogen-bond donors (Lipinski definition) is 1. The summed E-state index contributed by atoms with van der Waals surface area (Å²) >= 11 is 0. The number of piperazine rings is 1. The largest absolute Gasteiger partial charge is 0.454 e. The molecule has 1 fully saturated rings. The zero-order valence-electron chi connectivity index (χ0n) is 21.4. The average Bonchev–Trinajstić information content (AvgIpc) is 2.91. The molecule has 1 aromatic heterocycles. The number of carbonyl (C=O) groups excluding carboxylic acids is 1. The van der Waals surface area contributed by atoms with Crippen molar-refractivity contribution in [3.05, 3.63) is 59.7 Å². The first-order valence-electron chi connectivity index (χ1n) is 12.4. The minimum absolute atomic E-state index is 0.0557. The first kappa shape index (κ1) is 29.1. The van der Waals surface area contributed by atoms with Crippen LogP contribution in [0, 0.1) is 0 Å². The summed E-state index contributed by atoms with van der Waals surface area (Å²) < 4.78 is 82.5. The second-order valence-electron chi connectivity index (χ2n) is 9.09. The minimum Gasteiger partial charge on any atom is -0.454 e. The van der Waals surface area contributed by atoms with Crippen LogP contribution in [-0.4, -0.2) is 76.2 Å². The summed E-state index contributed by atoms with van der Waals surface area (Å²) in [6, 6.07) is 9.68. The van der Waals surface area contributed by atoms with Crippen LogP contribution in [0.3, 0.4) is 0 Å². The maximum Gasteiger partial charge on any atom is 0.422 e. The van der Waals surface area contributed by atoms with Crippen LogP contribution in [0.4, 0.5) is 38.0 Å². The molecule has 0 atom stereocenters. The molecule has 2 heterocycles. The van der Waals surface area contributed by atoms with E-state index in [1.807, 2.05) is 0 Å². The highest BCUT2D eigenvalue weighted by Crippen LogP contribution is 2.31. The Hall–Kier alpha value is -3.94. The van der Waals surface area contributed by atoms with E-state index in [0.29, 0.717) is 18.7 Å². The lowest BCUT2D eigenvalue weighted by Gasteiger charge is -2.34. The molecule has 40 heavy (non-hydrogen) atoms. The van der Waals surface area contributed by atoms with Crippen LogP contribution in [0.15, 0.2) is 48.5 Å². The molecular formula is C26H26F6N6O2. The molecule has 4 rings (SSSR count). The van der Waals surface area contributed by atoms with Crippen LogP contribution in [0.2, 0.25) is 0 Å². The van der Waals surface area contributed by atoms with Gasteiger partial charge in [0.05, 0.1) is 5.56 Å². The molecule has 3 aromatic rings. The Kier molecular flexibility index (Phi) is 8.76. The zero-order chi connectivity index (χ0) is 28.9. The number of nitrogens with one attached hydrogen (secondary N) is 1. The van der Waals surface area contributed by atoms with Gasteiger partial charge in [0.1, 0.15) is 0 Å². The quantitative estimate of drug-likeness (QED) is 0.364. The molecule has 0 spiro atoms. The maximum atomic E-state index is 13.1. The Balaban J connectivity index is 1.61. The Morgan fingerprint density at radius 3 is 2.35 bits per heavy atom. The van der Waals surface area contributed by atoms with E-state index < -0.39 is 30.5 Å². The molecular weight excluding hydrogens is 542 g/mol. The number of aromatic nitrogens is 3. The van der Waals surface area contributed by atoms with E-state index in [2.05, 4.69) is 32.1 Å². The fourth-order valence-corrected chi connectivity index (χ4v) is 4.12. The Morgan fingerprint density at radius 2 is 1.68 bits per heavy atom.